The van der Waals surface area contributed by atoms with Crippen LogP contribution in [0, 0.1) is 12.8 Å². The fourth-order valence-electron chi connectivity index (χ4n) is 5.56. The summed E-state index contributed by atoms with van der Waals surface area (Å²) in [7, 11) is 1.37. The first-order valence-electron chi connectivity index (χ1n) is 11.7. The third kappa shape index (κ3) is 5.10. The van der Waals surface area contributed by atoms with Crippen LogP contribution in [-0.4, -0.2) is 23.6 Å². The Kier molecular flexibility index (Phi) is 8.67. The number of allylic oxidation sites excluding steroid dienone is 1. The van der Waals surface area contributed by atoms with E-state index < -0.39 is 5.41 Å². The normalized spacial score (nSPS) is 17.8. The van der Waals surface area contributed by atoms with Crippen LogP contribution in [0.15, 0.2) is 85.2 Å². The molecule has 1 aromatic heterocycles. The summed E-state index contributed by atoms with van der Waals surface area (Å²) in [4.78, 5) is 24.6. The molecule has 1 fully saturated rings. The Labute approximate surface area is 217 Å². The van der Waals surface area contributed by atoms with E-state index in [1.807, 2.05) is 66.9 Å². The van der Waals surface area contributed by atoms with E-state index in [1.54, 1.807) is 6.08 Å². The van der Waals surface area contributed by atoms with Crippen LogP contribution in [0.3, 0.4) is 0 Å². The number of esters is 1. The van der Waals surface area contributed by atoms with E-state index >= 15 is 0 Å². The molecule has 6 nitrogen and oxygen atoms in total. The Bertz CT molecular complexity index is 1140. The number of benzene rings is 2. The van der Waals surface area contributed by atoms with E-state index in [0.717, 1.165) is 36.2 Å². The molecule has 1 aliphatic rings. The first kappa shape index (κ1) is 26.4. The number of aromatic nitrogens is 2. The monoisotopic (exact) mass is 537 g/mol. The molecule has 7 heteroatoms. The van der Waals surface area contributed by atoms with Gasteiger partial charge in [-0.3, -0.25) is 4.79 Å². The quantitative estimate of drug-likeness (QED) is 0.260. The number of nitrogens with two attached hydrogens (primary N) is 1. The Morgan fingerprint density at radius 3 is 2.23 bits per heavy atom. The summed E-state index contributed by atoms with van der Waals surface area (Å²) in [5.41, 5.74) is 7.25. The maximum Gasteiger partial charge on any atom is 0.330 e. The summed E-state index contributed by atoms with van der Waals surface area (Å²) in [5, 5.41) is 0. The molecule has 1 saturated carbocycles. The predicted molar refractivity (Wildman–Crippen MR) is 130 cm³/mol. The van der Waals surface area contributed by atoms with Crippen LogP contribution in [0.4, 0.5) is 0 Å². The highest BCUT2D eigenvalue weighted by atomic mass is 79.9. The molecule has 2 N–H and O–H groups in total. The number of nitrogens with zero attached hydrogens (tertiary/aromatic N) is 2. The van der Waals surface area contributed by atoms with Crippen LogP contribution in [0.5, 0.6) is 0 Å². The molecule has 0 unspecified atom stereocenters. The molecule has 0 aliphatic heterocycles. The maximum absolute atomic E-state index is 13.3. The van der Waals surface area contributed by atoms with Gasteiger partial charge >= 0.3 is 5.97 Å². The summed E-state index contributed by atoms with van der Waals surface area (Å²) >= 11 is 0. The number of carbonyl (C=O) groups excluding carboxylic acids is 2. The third-order valence-electron chi connectivity index (χ3n) is 7.21. The van der Waals surface area contributed by atoms with Crippen molar-refractivity contribution >= 4 is 11.9 Å². The molecule has 2 aromatic carbocycles. The van der Waals surface area contributed by atoms with Gasteiger partial charge in [0.05, 0.1) is 7.11 Å². The van der Waals surface area contributed by atoms with Gasteiger partial charge in [0.1, 0.15) is 30.4 Å². The SMILES string of the molecule is COC(=O)C=CC[n+]1ccn([C@@H]2CC[C@H](C(C(N)=O)(c3ccccc3)c3ccccc3)C2)c1C.[Br-]. The standard InChI is InChI=1S/C28H31N3O3.BrH/c1-21-30(17-9-14-26(32)34-2)18-19-31(21)25-16-15-24(20-25)28(27(29)33,22-10-5-3-6-11-22)23-12-7-4-8-13-23;/h3-14,18-19,24-25H,15-17,20H2,1-2H3,(H-,29,33);1H/t24-,25+;/m0./s1. The minimum Gasteiger partial charge on any atom is -1.00 e. The lowest BCUT2D eigenvalue weighted by molar-refractivity contribution is -0.692. The van der Waals surface area contributed by atoms with Crippen molar-refractivity contribution in [2.75, 3.05) is 7.11 Å². The highest BCUT2D eigenvalue weighted by molar-refractivity contribution is 5.91. The van der Waals surface area contributed by atoms with Crippen molar-refractivity contribution < 1.29 is 35.9 Å². The maximum atomic E-state index is 13.3. The minimum atomic E-state index is -0.877. The molecule has 0 spiro atoms. The molecule has 1 aliphatic carbocycles. The van der Waals surface area contributed by atoms with Crippen molar-refractivity contribution in [3.8, 4) is 0 Å². The highest BCUT2D eigenvalue weighted by Gasteiger charge is 2.51. The van der Waals surface area contributed by atoms with E-state index in [0.29, 0.717) is 6.54 Å². The van der Waals surface area contributed by atoms with E-state index in [2.05, 4.69) is 27.0 Å². The van der Waals surface area contributed by atoms with Gasteiger partial charge in [-0.25, -0.2) is 13.9 Å². The van der Waals surface area contributed by atoms with Gasteiger partial charge < -0.3 is 27.5 Å². The van der Waals surface area contributed by atoms with Gasteiger partial charge in [0, 0.05) is 13.0 Å². The number of amides is 1. The van der Waals surface area contributed by atoms with Crippen molar-refractivity contribution in [1.82, 2.24) is 4.57 Å². The summed E-state index contributed by atoms with van der Waals surface area (Å²) in [6.07, 6.45) is 10.1. The lowest BCUT2D eigenvalue weighted by Crippen LogP contribution is -3.00. The Morgan fingerprint density at radius 2 is 1.69 bits per heavy atom. The average Bonchev–Trinajstić information content (AvgIpc) is 3.48. The molecule has 1 heterocycles. The van der Waals surface area contributed by atoms with Gasteiger partial charge in [0.15, 0.2) is 0 Å². The molecule has 3 aromatic rings. The zero-order chi connectivity index (χ0) is 24.1. The lowest BCUT2D eigenvalue weighted by Gasteiger charge is -2.37. The number of carbonyl (C=O) groups is 2. The molecule has 35 heavy (non-hydrogen) atoms. The Balaban J connectivity index is 0.00000342. The summed E-state index contributed by atoms with van der Waals surface area (Å²) in [6.45, 7) is 2.67. The van der Waals surface area contributed by atoms with Crippen LogP contribution in [0.25, 0.3) is 0 Å². The van der Waals surface area contributed by atoms with Gasteiger partial charge in [-0.2, -0.15) is 0 Å². The zero-order valence-corrected chi connectivity index (χ0v) is 21.7. The fourth-order valence-corrected chi connectivity index (χ4v) is 5.56. The number of hydrogen-bond donors (Lipinski definition) is 1. The minimum absolute atomic E-state index is 0. The molecular weight excluding hydrogens is 506 g/mol. The first-order chi connectivity index (χ1) is 16.5. The van der Waals surface area contributed by atoms with Crippen LogP contribution in [-0.2, 0) is 26.3 Å². The molecule has 0 radical (unpaired) electrons. The largest absolute Gasteiger partial charge is 1.00 e. The number of imidazole rings is 1. The summed E-state index contributed by atoms with van der Waals surface area (Å²) in [6, 6.07) is 20.2. The average molecular weight is 538 g/mol. The molecule has 2 atom stereocenters. The number of hydrogen-bond acceptors (Lipinski definition) is 3. The number of halogens is 1. The number of ether oxygens (including phenoxy) is 1. The molecule has 1 amide bonds. The van der Waals surface area contributed by atoms with Crippen molar-refractivity contribution in [3.05, 3.63) is 102 Å². The highest BCUT2D eigenvalue weighted by Crippen LogP contribution is 2.49. The van der Waals surface area contributed by atoms with Crippen molar-refractivity contribution in [2.24, 2.45) is 11.7 Å². The second kappa shape index (κ2) is 11.5. The van der Waals surface area contributed by atoms with E-state index in [4.69, 9.17) is 5.73 Å². The fraction of sp³-hybridized carbons (Fsp3) is 0.321. The van der Waals surface area contributed by atoms with Crippen molar-refractivity contribution in [2.45, 2.75) is 44.2 Å². The molecule has 4 rings (SSSR count). The van der Waals surface area contributed by atoms with Crippen LogP contribution in [0.2, 0.25) is 0 Å². The van der Waals surface area contributed by atoms with E-state index in [1.165, 1.54) is 13.2 Å². The third-order valence-corrected chi connectivity index (χ3v) is 7.21. The topological polar surface area (TPSA) is 78.2 Å². The van der Waals surface area contributed by atoms with Crippen molar-refractivity contribution in [1.29, 1.82) is 0 Å². The van der Waals surface area contributed by atoms with Gasteiger partial charge in [-0.05, 0) is 42.4 Å². The van der Waals surface area contributed by atoms with Gasteiger partial charge in [0.25, 0.3) is 5.82 Å². The summed E-state index contributed by atoms with van der Waals surface area (Å²) in [5.74, 6) is 0.516. The second-order valence-electron chi connectivity index (χ2n) is 8.90. The van der Waals surface area contributed by atoms with Crippen molar-refractivity contribution in [3.63, 3.8) is 0 Å². The van der Waals surface area contributed by atoms with Gasteiger partial charge in [0.2, 0.25) is 5.91 Å². The molecule has 0 saturated heterocycles. The van der Waals surface area contributed by atoms with Crippen LogP contribution < -0.4 is 27.3 Å². The molecule has 0 bridgehead atoms. The Morgan fingerprint density at radius 1 is 1.09 bits per heavy atom. The van der Waals surface area contributed by atoms with Gasteiger partial charge in [-0.15, -0.1) is 0 Å². The lowest BCUT2D eigenvalue weighted by atomic mass is 9.64. The number of methoxy groups -OCH3 is 1. The molecular formula is C28H32BrN3O3. The molecule has 184 valence electrons. The van der Waals surface area contributed by atoms with Crippen LogP contribution in [0.1, 0.15) is 42.3 Å². The van der Waals surface area contributed by atoms with E-state index in [9.17, 15) is 9.59 Å². The first-order valence-corrected chi connectivity index (χ1v) is 11.7. The smallest absolute Gasteiger partial charge is 0.330 e. The van der Waals surface area contributed by atoms with Crippen LogP contribution >= 0.6 is 0 Å². The zero-order valence-electron chi connectivity index (χ0n) is 20.1. The second-order valence-corrected chi connectivity index (χ2v) is 8.90. The van der Waals surface area contributed by atoms with E-state index in [-0.39, 0.29) is 40.8 Å². The summed E-state index contributed by atoms with van der Waals surface area (Å²) < 4.78 is 9.05. The van der Waals surface area contributed by atoms with Gasteiger partial charge in [-0.1, -0.05) is 60.7 Å². The predicted octanol–water partition coefficient (Wildman–Crippen LogP) is 0.630. The Hall–Kier alpha value is -3.19. The number of primary amides is 1. The number of rotatable bonds is 8.